The molecule has 0 radical (unpaired) electrons. The third-order valence-electron chi connectivity index (χ3n) is 7.00. The number of rotatable bonds is 8. The number of aromatic nitrogens is 6. The number of hydrogen-bond acceptors (Lipinski definition) is 8. The van der Waals surface area contributed by atoms with E-state index in [-0.39, 0.29) is 12.2 Å². The number of benzene rings is 1. The second kappa shape index (κ2) is 11.3. The van der Waals surface area contributed by atoms with Gasteiger partial charge in [-0.2, -0.15) is 9.47 Å². The number of imidazole rings is 1. The zero-order chi connectivity index (χ0) is 28.5. The highest BCUT2D eigenvalue weighted by Gasteiger charge is 2.19. The smallest absolute Gasteiger partial charge is 0.246 e. The molecule has 4 aromatic heterocycles. The molecule has 1 aliphatic rings. The minimum absolute atomic E-state index is 0.176. The Balaban J connectivity index is 1.17. The largest absolute Gasteiger partial charge is 0.328 e. The summed E-state index contributed by atoms with van der Waals surface area (Å²) in [5, 5.41) is 10.9. The molecule has 5 heterocycles. The predicted octanol–water partition coefficient (Wildman–Crippen LogP) is 5.25. The van der Waals surface area contributed by atoms with Crippen LogP contribution in [0.1, 0.15) is 31.2 Å². The fourth-order valence-electron chi connectivity index (χ4n) is 5.15. The Bertz CT molecular complexity index is 1710. The summed E-state index contributed by atoms with van der Waals surface area (Å²) < 4.78 is 35.4. The van der Waals surface area contributed by atoms with Gasteiger partial charge in [0, 0.05) is 31.0 Å². The summed E-state index contributed by atoms with van der Waals surface area (Å²) in [7, 11) is 0. The molecule has 0 unspecified atom stereocenters. The molecule has 1 aromatic carbocycles. The van der Waals surface area contributed by atoms with E-state index in [4.69, 9.17) is 0 Å². The first-order valence-corrected chi connectivity index (χ1v) is 14.2. The van der Waals surface area contributed by atoms with E-state index in [1.807, 2.05) is 17.5 Å². The van der Waals surface area contributed by atoms with Crippen LogP contribution in [0.25, 0.3) is 16.9 Å². The molecule has 1 amide bonds. The number of likely N-dealkylation sites (tertiary alicyclic amines) is 1. The van der Waals surface area contributed by atoms with Crippen LogP contribution in [0.5, 0.6) is 0 Å². The van der Waals surface area contributed by atoms with Crippen LogP contribution in [-0.4, -0.2) is 52.4 Å². The number of piperidine rings is 1. The van der Waals surface area contributed by atoms with E-state index < -0.39 is 17.5 Å². The topological polar surface area (TPSA) is 105 Å². The number of fused-ring (bicyclic) bond motifs is 1. The summed E-state index contributed by atoms with van der Waals surface area (Å²) in [5.74, 6) is -1.34. The summed E-state index contributed by atoms with van der Waals surface area (Å²) in [6.07, 6.45) is 9.44. The van der Waals surface area contributed by atoms with Gasteiger partial charge in [0.15, 0.2) is 23.1 Å². The lowest BCUT2D eigenvalue weighted by Gasteiger charge is -2.30. The molecule has 6 rings (SSSR count). The van der Waals surface area contributed by atoms with E-state index >= 15 is 0 Å². The summed E-state index contributed by atoms with van der Waals surface area (Å²) in [5.41, 5.74) is 3.74. The highest BCUT2D eigenvalue weighted by Crippen LogP contribution is 2.28. The Morgan fingerprint density at radius 1 is 1.22 bits per heavy atom. The van der Waals surface area contributed by atoms with Crippen molar-refractivity contribution in [3.63, 3.8) is 0 Å². The molecule has 5 aromatic rings. The summed E-state index contributed by atoms with van der Waals surface area (Å²) >= 11 is 1.40. The first-order chi connectivity index (χ1) is 19.8. The third-order valence-corrected chi connectivity index (χ3v) is 7.74. The Morgan fingerprint density at radius 2 is 2.10 bits per heavy atom. The number of hydrogen-bond donors (Lipinski definition) is 2. The number of amides is 1. The molecule has 1 aliphatic heterocycles. The first kappa shape index (κ1) is 27.0. The third kappa shape index (κ3) is 5.95. The lowest BCUT2D eigenvalue weighted by molar-refractivity contribution is -0.116. The fraction of sp³-hybridized carbons (Fsp3) is 0.321. The fourth-order valence-corrected chi connectivity index (χ4v) is 5.80. The number of aryl methyl sites for hydroxylation is 1. The van der Waals surface area contributed by atoms with Crippen LogP contribution in [-0.2, 0) is 17.9 Å². The van der Waals surface area contributed by atoms with E-state index in [1.165, 1.54) is 41.2 Å². The summed E-state index contributed by atoms with van der Waals surface area (Å²) in [6, 6.07) is 5.69. The minimum Gasteiger partial charge on any atom is -0.328 e. The van der Waals surface area contributed by atoms with Gasteiger partial charge in [-0.05, 0) is 62.0 Å². The second-order valence-electron chi connectivity index (χ2n) is 10.4. The molecule has 0 bridgehead atoms. The average molecular weight is 578 g/mol. The van der Waals surface area contributed by atoms with Crippen molar-refractivity contribution < 1.29 is 13.6 Å². The maximum Gasteiger partial charge on any atom is 0.246 e. The van der Waals surface area contributed by atoms with Crippen molar-refractivity contribution in [2.45, 2.75) is 39.8 Å². The lowest BCUT2D eigenvalue weighted by atomic mass is 10.0. The highest BCUT2D eigenvalue weighted by molar-refractivity contribution is 7.10. The number of carbonyl (C=O) groups is 1. The zero-order valence-corrected chi connectivity index (χ0v) is 23.5. The number of halogens is 2. The SMILES string of the molecule is Cc1cn2c(-c3cnn(CC(=O)Nc4cccc(F)c4F)c3)cnc2c(Nc2cc(CN3CCC[C@@H](C)C3)ns2)n1. The Kier molecular flexibility index (Phi) is 7.45. The first-order valence-electron chi connectivity index (χ1n) is 13.4. The van der Waals surface area contributed by atoms with Gasteiger partial charge in [0.05, 0.1) is 35.2 Å². The molecule has 212 valence electrons. The van der Waals surface area contributed by atoms with Gasteiger partial charge in [-0.25, -0.2) is 18.7 Å². The highest BCUT2D eigenvalue weighted by atomic mass is 32.1. The van der Waals surface area contributed by atoms with Crippen LogP contribution in [0.2, 0.25) is 0 Å². The van der Waals surface area contributed by atoms with Crippen LogP contribution < -0.4 is 10.6 Å². The van der Waals surface area contributed by atoms with E-state index in [0.29, 0.717) is 17.4 Å². The molecule has 1 saturated heterocycles. The quantitative estimate of drug-likeness (QED) is 0.260. The normalized spacial score (nSPS) is 15.9. The Labute approximate surface area is 239 Å². The molecular formula is C28H29F2N9OS. The molecule has 0 spiro atoms. The van der Waals surface area contributed by atoms with Crippen LogP contribution in [0, 0.1) is 24.5 Å². The summed E-state index contributed by atoms with van der Waals surface area (Å²) in [6.45, 7) is 7.07. The van der Waals surface area contributed by atoms with Gasteiger partial charge in [0.1, 0.15) is 11.5 Å². The maximum atomic E-state index is 13.9. The zero-order valence-electron chi connectivity index (χ0n) is 22.6. The van der Waals surface area contributed by atoms with E-state index in [1.54, 1.807) is 18.6 Å². The predicted molar refractivity (Wildman–Crippen MR) is 153 cm³/mol. The molecule has 2 N–H and O–H groups in total. The van der Waals surface area contributed by atoms with Gasteiger partial charge in [-0.3, -0.25) is 18.8 Å². The van der Waals surface area contributed by atoms with Gasteiger partial charge in [-0.1, -0.05) is 13.0 Å². The molecule has 0 aliphatic carbocycles. The Morgan fingerprint density at radius 3 is 2.95 bits per heavy atom. The number of carbonyl (C=O) groups excluding carboxylic acids is 1. The van der Waals surface area contributed by atoms with Crippen LogP contribution in [0.4, 0.5) is 25.3 Å². The maximum absolute atomic E-state index is 13.9. The van der Waals surface area contributed by atoms with E-state index in [2.05, 4.69) is 48.0 Å². The van der Waals surface area contributed by atoms with E-state index in [0.717, 1.165) is 53.3 Å². The van der Waals surface area contributed by atoms with Crippen molar-refractivity contribution in [2.24, 2.45) is 5.92 Å². The van der Waals surface area contributed by atoms with Crippen molar-refractivity contribution in [1.82, 2.24) is 33.4 Å². The van der Waals surface area contributed by atoms with Crippen molar-refractivity contribution >= 4 is 39.6 Å². The van der Waals surface area contributed by atoms with Gasteiger partial charge in [-0.15, -0.1) is 0 Å². The lowest BCUT2D eigenvalue weighted by Crippen LogP contribution is -2.33. The number of nitrogens with one attached hydrogen (secondary N) is 2. The molecule has 13 heteroatoms. The van der Waals surface area contributed by atoms with Crippen LogP contribution in [0.3, 0.4) is 0 Å². The van der Waals surface area contributed by atoms with Crippen molar-refractivity contribution in [3.05, 3.63) is 72.1 Å². The number of nitrogens with zero attached hydrogens (tertiary/aromatic N) is 7. The van der Waals surface area contributed by atoms with Crippen LogP contribution >= 0.6 is 11.5 Å². The van der Waals surface area contributed by atoms with Gasteiger partial charge in [0.25, 0.3) is 0 Å². The van der Waals surface area contributed by atoms with Gasteiger partial charge >= 0.3 is 0 Å². The van der Waals surface area contributed by atoms with Crippen molar-refractivity contribution in [3.8, 4) is 11.3 Å². The van der Waals surface area contributed by atoms with Gasteiger partial charge < -0.3 is 10.6 Å². The van der Waals surface area contributed by atoms with E-state index in [9.17, 15) is 13.6 Å². The van der Waals surface area contributed by atoms with Crippen LogP contribution in [0.15, 0.2) is 49.1 Å². The van der Waals surface area contributed by atoms with Crippen molar-refractivity contribution in [1.29, 1.82) is 0 Å². The Hall–Kier alpha value is -4.23. The molecular weight excluding hydrogens is 548 g/mol. The summed E-state index contributed by atoms with van der Waals surface area (Å²) in [4.78, 5) is 24.2. The minimum atomic E-state index is -1.10. The average Bonchev–Trinajstić information content (AvgIpc) is 3.67. The molecule has 41 heavy (non-hydrogen) atoms. The molecule has 10 nitrogen and oxygen atoms in total. The van der Waals surface area contributed by atoms with Crippen molar-refractivity contribution in [2.75, 3.05) is 23.7 Å². The number of anilines is 3. The molecule has 0 saturated carbocycles. The van der Waals surface area contributed by atoms with Gasteiger partial charge in [0.2, 0.25) is 5.91 Å². The monoisotopic (exact) mass is 577 g/mol. The molecule has 1 fully saturated rings. The standard InChI is InChI=1S/C28H29F2N9OS/c1-17-5-4-8-37(12-17)15-20-9-25(41-36-20)35-27-28-31-11-23(39(28)13-18(2)33-27)19-10-32-38(14-19)16-24(40)34-22-7-3-6-21(29)26(22)30/h3,6-7,9-11,13-14,17H,4-5,8,12,15-16H2,1-2H3,(H,33,35)(H,34,40)/t17-/m1/s1. The second-order valence-corrected chi connectivity index (χ2v) is 11.2. The molecule has 1 atom stereocenters.